The Hall–Kier alpha value is -1.78. The van der Waals surface area contributed by atoms with Crippen LogP contribution in [0.1, 0.15) is 12.2 Å². The highest BCUT2D eigenvalue weighted by Crippen LogP contribution is 2.10. The first kappa shape index (κ1) is 16.1. The Morgan fingerprint density at radius 1 is 1.26 bits per heavy atom. The Labute approximate surface area is 134 Å². The molecule has 10 heteroatoms. The minimum atomic E-state index is -3.16. The van der Waals surface area contributed by atoms with E-state index >= 15 is 0 Å². The molecule has 0 unspecified atom stereocenters. The van der Waals surface area contributed by atoms with E-state index in [1.807, 2.05) is 0 Å². The number of aryl methyl sites for hydroxylation is 1. The fraction of sp³-hybridized carbons (Fsp3) is 0.615. The maximum atomic E-state index is 12.1. The highest BCUT2D eigenvalue weighted by atomic mass is 32.2. The van der Waals surface area contributed by atoms with Crippen molar-refractivity contribution in [3.8, 4) is 0 Å². The van der Waals surface area contributed by atoms with Crippen molar-refractivity contribution >= 4 is 21.1 Å². The summed E-state index contributed by atoms with van der Waals surface area (Å²) in [6.07, 6.45) is 3.49. The Bertz CT molecular complexity index is 871. The first-order valence-electron chi connectivity index (χ1n) is 7.43. The molecule has 0 aromatic carbocycles. The molecule has 0 aliphatic carbocycles. The molecule has 2 aromatic heterocycles. The molecular weight excluding hydrogens is 320 g/mol. The lowest BCUT2D eigenvalue weighted by Crippen LogP contribution is -2.34. The molecule has 1 aliphatic heterocycles. The lowest BCUT2D eigenvalue weighted by atomic mass is 10.3. The minimum absolute atomic E-state index is 0.203. The molecule has 3 rings (SSSR count). The van der Waals surface area contributed by atoms with Gasteiger partial charge in [0, 0.05) is 26.7 Å². The lowest BCUT2D eigenvalue weighted by Gasteiger charge is -2.20. The number of hydrogen-bond acceptors (Lipinski definition) is 6. The molecule has 1 saturated heterocycles. The van der Waals surface area contributed by atoms with E-state index in [1.165, 1.54) is 16.8 Å². The van der Waals surface area contributed by atoms with Gasteiger partial charge in [0.1, 0.15) is 11.2 Å². The monoisotopic (exact) mass is 340 g/mol. The van der Waals surface area contributed by atoms with Crippen LogP contribution >= 0.6 is 0 Å². The summed E-state index contributed by atoms with van der Waals surface area (Å²) < 4.78 is 26.3. The summed E-state index contributed by atoms with van der Waals surface area (Å²) in [7, 11) is -1.41. The highest BCUT2D eigenvalue weighted by molar-refractivity contribution is 7.88. The molecule has 23 heavy (non-hydrogen) atoms. The Kier molecular flexibility index (Phi) is 4.21. The Morgan fingerprint density at radius 3 is 2.78 bits per heavy atom. The van der Waals surface area contributed by atoms with Crippen molar-refractivity contribution in [1.29, 1.82) is 0 Å². The van der Waals surface area contributed by atoms with Crippen molar-refractivity contribution in [2.75, 3.05) is 32.4 Å². The van der Waals surface area contributed by atoms with Gasteiger partial charge in [0.05, 0.1) is 19.0 Å². The standard InChI is InChI=1S/C13H20N6O3S/c1-17-12-10(8-14-17)13(20)16-11(15-12)9-18-4-3-5-19(7-6-18)23(2,21)22/h8H,3-7,9H2,1-2H3,(H,15,16,20). The minimum Gasteiger partial charge on any atom is -0.309 e. The zero-order chi connectivity index (χ0) is 16.6. The zero-order valence-corrected chi connectivity index (χ0v) is 14.0. The van der Waals surface area contributed by atoms with E-state index in [-0.39, 0.29) is 5.56 Å². The van der Waals surface area contributed by atoms with Gasteiger partial charge in [-0.1, -0.05) is 0 Å². The first-order valence-corrected chi connectivity index (χ1v) is 9.28. The second kappa shape index (κ2) is 6.02. The quantitative estimate of drug-likeness (QED) is 0.778. The predicted octanol–water partition coefficient (Wildman–Crippen LogP) is -0.876. The van der Waals surface area contributed by atoms with Gasteiger partial charge in [-0.15, -0.1) is 0 Å². The molecule has 0 atom stereocenters. The third-order valence-electron chi connectivity index (χ3n) is 4.04. The summed E-state index contributed by atoms with van der Waals surface area (Å²) in [5, 5.41) is 4.51. The van der Waals surface area contributed by atoms with Gasteiger partial charge in [0.25, 0.3) is 5.56 Å². The summed E-state index contributed by atoms with van der Waals surface area (Å²) in [5.41, 5.74) is 0.349. The van der Waals surface area contributed by atoms with E-state index in [0.29, 0.717) is 43.0 Å². The maximum Gasteiger partial charge on any atom is 0.262 e. The fourth-order valence-electron chi connectivity index (χ4n) is 2.80. The van der Waals surface area contributed by atoms with Gasteiger partial charge in [-0.2, -0.15) is 5.10 Å². The lowest BCUT2D eigenvalue weighted by molar-refractivity contribution is 0.272. The molecule has 1 N–H and O–H groups in total. The van der Waals surface area contributed by atoms with E-state index in [0.717, 1.165) is 13.0 Å². The summed E-state index contributed by atoms with van der Waals surface area (Å²) in [5.74, 6) is 0.568. The third-order valence-corrected chi connectivity index (χ3v) is 5.34. The number of nitrogens with zero attached hydrogens (tertiary/aromatic N) is 5. The van der Waals surface area contributed by atoms with Gasteiger partial charge in [-0.05, 0) is 13.0 Å². The smallest absolute Gasteiger partial charge is 0.262 e. The summed E-state index contributed by atoms with van der Waals surface area (Å²) in [6.45, 7) is 2.84. The van der Waals surface area contributed by atoms with Crippen LogP contribution in [-0.2, 0) is 23.6 Å². The van der Waals surface area contributed by atoms with E-state index in [1.54, 1.807) is 11.7 Å². The van der Waals surface area contributed by atoms with E-state index in [2.05, 4.69) is 20.0 Å². The zero-order valence-electron chi connectivity index (χ0n) is 13.2. The third kappa shape index (κ3) is 3.43. The molecule has 1 fully saturated rings. The van der Waals surface area contributed by atoms with Crippen LogP contribution in [0.2, 0.25) is 0 Å². The number of fused-ring (bicyclic) bond motifs is 1. The van der Waals surface area contributed by atoms with Crippen LogP contribution in [0.3, 0.4) is 0 Å². The van der Waals surface area contributed by atoms with E-state index in [9.17, 15) is 13.2 Å². The molecule has 2 aromatic rings. The normalized spacial score (nSPS) is 18.3. The van der Waals surface area contributed by atoms with Crippen molar-refractivity contribution in [3.63, 3.8) is 0 Å². The number of nitrogens with one attached hydrogen (secondary N) is 1. The number of hydrogen-bond donors (Lipinski definition) is 1. The average Bonchev–Trinajstić information content (AvgIpc) is 2.69. The van der Waals surface area contributed by atoms with Crippen molar-refractivity contribution in [2.24, 2.45) is 7.05 Å². The predicted molar refractivity (Wildman–Crippen MR) is 85.4 cm³/mol. The molecule has 0 amide bonds. The van der Waals surface area contributed by atoms with Crippen molar-refractivity contribution in [1.82, 2.24) is 29.0 Å². The molecule has 3 heterocycles. The average molecular weight is 340 g/mol. The van der Waals surface area contributed by atoms with E-state index in [4.69, 9.17) is 0 Å². The van der Waals surface area contributed by atoms with Gasteiger partial charge < -0.3 is 4.98 Å². The number of sulfonamides is 1. The summed E-state index contributed by atoms with van der Waals surface area (Å²) in [6, 6.07) is 0. The van der Waals surface area contributed by atoms with Crippen LogP contribution in [0.4, 0.5) is 0 Å². The molecule has 0 spiro atoms. The van der Waals surface area contributed by atoms with Gasteiger partial charge >= 0.3 is 0 Å². The largest absolute Gasteiger partial charge is 0.309 e. The summed E-state index contributed by atoms with van der Waals surface area (Å²) in [4.78, 5) is 21.4. The highest BCUT2D eigenvalue weighted by Gasteiger charge is 2.22. The second-order valence-electron chi connectivity index (χ2n) is 5.81. The number of rotatable bonds is 3. The number of H-pyrrole nitrogens is 1. The van der Waals surface area contributed by atoms with Gasteiger partial charge in [0.2, 0.25) is 10.0 Å². The van der Waals surface area contributed by atoms with Crippen LogP contribution < -0.4 is 5.56 Å². The number of aromatic amines is 1. The molecule has 0 saturated carbocycles. The van der Waals surface area contributed by atoms with Crippen molar-refractivity contribution in [2.45, 2.75) is 13.0 Å². The van der Waals surface area contributed by atoms with Crippen LogP contribution in [0.5, 0.6) is 0 Å². The first-order chi connectivity index (χ1) is 10.8. The van der Waals surface area contributed by atoms with Gasteiger partial charge in [-0.3, -0.25) is 14.4 Å². The Balaban J connectivity index is 1.77. The van der Waals surface area contributed by atoms with Crippen LogP contribution in [0.25, 0.3) is 11.0 Å². The molecule has 0 radical (unpaired) electrons. The van der Waals surface area contributed by atoms with Gasteiger partial charge in [0.15, 0.2) is 5.65 Å². The topological polar surface area (TPSA) is 104 Å². The molecule has 0 bridgehead atoms. The Morgan fingerprint density at radius 2 is 2.04 bits per heavy atom. The second-order valence-corrected chi connectivity index (χ2v) is 7.79. The van der Waals surface area contributed by atoms with E-state index < -0.39 is 10.0 Å². The van der Waals surface area contributed by atoms with Crippen LogP contribution in [0.15, 0.2) is 11.0 Å². The molecule has 9 nitrogen and oxygen atoms in total. The van der Waals surface area contributed by atoms with Crippen LogP contribution in [-0.4, -0.2) is 69.8 Å². The van der Waals surface area contributed by atoms with Crippen LogP contribution in [0, 0.1) is 0 Å². The maximum absolute atomic E-state index is 12.1. The molecule has 126 valence electrons. The van der Waals surface area contributed by atoms with Crippen molar-refractivity contribution < 1.29 is 8.42 Å². The number of aromatic nitrogens is 4. The SMILES string of the molecule is Cn1ncc2c(=O)[nH]c(CN3CCCN(S(C)(=O)=O)CC3)nc21. The summed E-state index contributed by atoms with van der Waals surface area (Å²) >= 11 is 0. The van der Waals surface area contributed by atoms with Gasteiger partial charge in [-0.25, -0.2) is 17.7 Å². The van der Waals surface area contributed by atoms with Crippen molar-refractivity contribution in [3.05, 3.63) is 22.4 Å². The fourth-order valence-corrected chi connectivity index (χ4v) is 3.68. The molecular formula is C13H20N6O3S. The molecule has 1 aliphatic rings.